The summed E-state index contributed by atoms with van der Waals surface area (Å²) in [6, 6.07) is 15.5. The average Bonchev–Trinajstić information content (AvgIpc) is 3.25. The molecule has 0 atom stereocenters. The highest BCUT2D eigenvalue weighted by atomic mass is 32.2. The minimum Gasteiger partial charge on any atom is -0.494 e. The lowest BCUT2D eigenvalue weighted by Crippen LogP contribution is -2.37. The number of hydrogen-bond acceptors (Lipinski definition) is 7. The summed E-state index contributed by atoms with van der Waals surface area (Å²) >= 11 is 8.20. The highest BCUT2D eigenvalue weighted by Crippen LogP contribution is 2.28. The third kappa shape index (κ3) is 5.72. The molecule has 0 saturated heterocycles. The Hall–Kier alpha value is -2.95. The number of aryl methyl sites for hydroxylation is 1. The monoisotopic (exact) mass is 566 g/mol. The Balaban J connectivity index is 1.55. The van der Waals surface area contributed by atoms with E-state index in [0.717, 1.165) is 42.7 Å². The first-order chi connectivity index (χ1) is 18.4. The summed E-state index contributed by atoms with van der Waals surface area (Å²) in [6.07, 6.45) is 5.57. The molecule has 7 nitrogen and oxygen atoms in total. The van der Waals surface area contributed by atoms with Gasteiger partial charge in [-0.3, -0.25) is 18.7 Å². The fraction of sp³-hybridized carbons (Fsp3) is 0.357. The molecule has 0 bridgehead atoms. The van der Waals surface area contributed by atoms with Crippen LogP contribution >= 0.6 is 35.3 Å². The van der Waals surface area contributed by atoms with Crippen molar-refractivity contribution in [1.82, 2.24) is 19.4 Å². The number of ether oxygens (including phenoxy) is 1. The lowest BCUT2D eigenvalue weighted by atomic mass is 9.95. The maximum atomic E-state index is 13.9. The van der Waals surface area contributed by atoms with E-state index in [-0.39, 0.29) is 23.3 Å². The van der Waals surface area contributed by atoms with Gasteiger partial charge in [-0.1, -0.05) is 60.1 Å². The molecule has 4 aromatic rings. The van der Waals surface area contributed by atoms with E-state index >= 15 is 0 Å². The fourth-order valence-electron chi connectivity index (χ4n) is 4.69. The summed E-state index contributed by atoms with van der Waals surface area (Å²) in [4.78, 5) is 31.6. The molecule has 10 heteroatoms. The molecule has 1 amide bonds. The molecule has 0 radical (unpaired) electrons. The van der Waals surface area contributed by atoms with Crippen LogP contribution in [-0.4, -0.2) is 38.4 Å². The first-order valence-corrected chi connectivity index (χ1v) is 15.1. The zero-order valence-corrected chi connectivity index (χ0v) is 23.9. The molecule has 0 spiro atoms. The van der Waals surface area contributed by atoms with Crippen molar-refractivity contribution < 1.29 is 9.53 Å². The predicted octanol–water partition coefficient (Wildman–Crippen LogP) is 6.22. The molecule has 1 aliphatic carbocycles. The SMILES string of the molecule is CCOc1ccc(-n2c(=S)sc3c(=O)n(-c4ccc(C)cc4)c(SCC(=O)NC4CCCCC4)nc32)cc1. The molecular weight excluding hydrogens is 537 g/mol. The molecule has 1 aliphatic rings. The van der Waals surface area contributed by atoms with Gasteiger partial charge in [0.15, 0.2) is 14.8 Å². The molecule has 0 unspecified atom stereocenters. The van der Waals surface area contributed by atoms with Crippen LogP contribution < -0.4 is 15.6 Å². The number of nitrogens with zero attached hydrogens (tertiary/aromatic N) is 3. The van der Waals surface area contributed by atoms with Crippen molar-refractivity contribution in [2.45, 2.75) is 57.1 Å². The number of fused-ring (bicyclic) bond motifs is 1. The van der Waals surface area contributed by atoms with Crippen LogP contribution in [0.2, 0.25) is 0 Å². The first-order valence-electron chi connectivity index (χ1n) is 12.9. The molecule has 2 heterocycles. The average molecular weight is 567 g/mol. The van der Waals surface area contributed by atoms with Crippen LogP contribution in [-0.2, 0) is 4.79 Å². The van der Waals surface area contributed by atoms with Gasteiger partial charge in [-0.15, -0.1) is 0 Å². The highest BCUT2D eigenvalue weighted by Gasteiger charge is 2.21. The fourth-order valence-corrected chi connectivity index (χ4v) is 6.80. The molecule has 0 aliphatic heterocycles. The topological polar surface area (TPSA) is 78.1 Å². The number of carbonyl (C=O) groups is 1. The lowest BCUT2D eigenvalue weighted by Gasteiger charge is -2.22. The lowest BCUT2D eigenvalue weighted by molar-refractivity contribution is -0.119. The van der Waals surface area contributed by atoms with Gasteiger partial charge in [0.05, 0.1) is 18.0 Å². The molecule has 38 heavy (non-hydrogen) atoms. The Labute approximate surface area is 234 Å². The van der Waals surface area contributed by atoms with E-state index in [1.54, 1.807) is 4.57 Å². The maximum Gasteiger partial charge on any atom is 0.278 e. The predicted molar refractivity (Wildman–Crippen MR) is 157 cm³/mol. The Kier molecular flexibility index (Phi) is 8.30. The summed E-state index contributed by atoms with van der Waals surface area (Å²) in [7, 11) is 0. The summed E-state index contributed by atoms with van der Waals surface area (Å²) in [5.41, 5.74) is 2.89. The second-order valence-corrected chi connectivity index (χ2v) is 11.9. The van der Waals surface area contributed by atoms with Gasteiger partial charge in [0.25, 0.3) is 5.56 Å². The van der Waals surface area contributed by atoms with Crippen LogP contribution in [0, 0.1) is 10.9 Å². The standard InChI is InChI=1S/C28H30N4O3S3/c1-3-35-22-15-13-20(14-16-22)31-25-24(38-28(31)36)26(34)32(21-11-9-18(2)10-12-21)27(30-25)37-17-23(33)29-19-7-5-4-6-8-19/h9-16,19H,3-8,17H2,1-2H3,(H,29,33). The number of amides is 1. The van der Waals surface area contributed by atoms with Crippen LogP contribution in [0.15, 0.2) is 58.5 Å². The summed E-state index contributed by atoms with van der Waals surface area (Å²) < 4.78 is 9.98. The van der Waals surface area contributed by atoms with Gasteiger partial charge < -0.3 is 10.1 Å². The molecule has 198 valence electrons. The number of benzene rings is 2. The number of thiazole rings is 1. The second kappa shape index (κ2) is 11.8. The summed E-state index contributed by atoms with van der Waals surface area (Å²) in [5, 5.41) is 3.61. The third-order valence-corrected chi connectivity index (χ3v) is 8.87. The zero-order valence-electron chi connectivity index (χ0n) is 21.4. The molecule has 5 rings (SSSR count). The number of aromatic nitrogens is 3. The second-order valence-electron chi connectivity index (χ2n) is 9.34. The van der Waals surface area contributed by atoms with E-state index in [0.29, 0.717) is 31.8 Å². The number of nitrogens with one attached hydrogen (secondary N) is 1. The van der Waals surface area contributed by atoms with E-state index in [1.165, 1.54) is 29.5 Å². The summed E-state index contributed by atoms with van der Waals surface area (Å²) in [5.74, 6) is 0.895. The normalized spacial score (nSPS) is 14.1. The Morgan fingerprint density at radius 3 is 2.42 bits per heavy atom. The van der Waals surface area contributed by atoms with E-state index < -0.39 is 0 Å². The Morgan fingerprint density at radius 1 is 1.08 bits per heavy atom. The number of thioether (sulfide) groups is 1. The molecule has 2 aromatic carbocycles. The van der Waals surface area contributed by atoms with Crippen molar-refractivity contribution in [3.05, 3.63) is 68.4 Å². The van der Waals surface area contributed by atoms with E-state index in [4.69, 9.17) is 21.9 Å². The van der Waals surface area contributed by atoms with E-state index in [9.17, 15) is 9.59 Å². The van der Waals surface area contributed by atoms with Crippen molar-refractivity contribution in [3.8, 4) is 17.1 Å². The minimum absolute atomic E-state index is 0.0413. The van der Waals surface area contributed by atoms with Crippen molar-refractivity contribution in [2.24, 2.45) is 0 Å². The zero-order chi connectivity index (χ0) is 26.6. The van der Waals surface area contributed by atoms with Crippen molar-refractivity contribution in [2.75, 3.05) is 12.4 Å². The van der Waals surface area contributed by atoms with Gasteiger partial charge in [0.2, 0.25) is 5.91 Å². The van der Waals surface area contributed by atoms with Gasteiger partial charge in [0.1, 0.15) is 10.4 Å². The molecule has 1 fully saturated rings. The van der Waals surface area contributed by atoms with Crippen molar-refractivity contribution in [1.29, 1.82) is 0 Å². The Bertz CT molecular complexity index is 1550. The number of hydrogen-bond donors (Lipinski definition) is 1. The Morgan fingerprint density at radius 2 is 1.74 bits per heavy atom. The molecular formula is C28H30N4O3S3. The van der Waals surface area contributed by atoms with Gasteiger partial charge in [-0.05, 0) is 75.3 Å². The van der Waals surface area contributed by atoms with Gasteiger partial charge in [0, 0.05) is 11.7 Å². The van der Waals surface area contributed by atoms with Crippen molar-refractivity contribution in [3.63, 3.8) is 0 Å². The molecule has 1 saturated carbocycles. The minimum atomic E-state index is -0.199. The van der Waals surface area contributed by atoms with Crippen LogP contribution in [0.25, 0.3) is 21.7 Å². The largest absolute Gasteiger partial charge is 0.494 e. The van der Waals surface area contributed by atoms with Crippen LogP contribution in [0.1, 0.15) is 44.6 Å². The van der Waals surface area contributed by atoms with Crippen molar-refractivity contribution >= 4 is 51.6 Å². The van der Waals surface area contributed by atoms with E-state index in [1.807, 2.05) is 66.9 Å². The first kappa shape index (κ1) is 26.6. The molecule has 1 N–H and O–H groups in total. The molecule has 2 aromatic heterocycles. The van der Waals surface area contributed by atoms with Crippen LogP contribution in [0.3, 0.4) is 0 Å². The highest BCUT2D eigenvalue weighted by molar-refractivity contribution is 7.99. The third-order valence-electron chi connectivity index (χ3n) is 6.58. The van der Waals surface area contributed by atoms with Gasteiger partial charge >= 0.3 is 0 Å². The van der Waals surface area contributed by atoms with Gasteiger partial charge in [-0.25, -0.2) is 4.98 Å². The van der Waals surface area contributed by atoms with E-state index in [2.05, 4.69) is 5.32 Å². The van der Waals surface area contributed by atoms with Gasteiger partial charge in [-0.2, -0.15) is 0 Å². The van der Waals surface area contributed by atoms with Crippen LogP contribution in [0.5, 0.6) is 5.75 Å². The summed E-state index contributed by atoms with van der Waals surface area (Å²) in [6.45, 7) is 4.52. The van der Waals surface area contributed by atoms with Crippen LogP contribution in [0.4, 0.5) is 0 Å². The smallest absolute Gasteiger partial charge is 0.278 e. The quantitative estimate of drug-likeness (QED) is 0.155. The number of rotatable bonds is 8. The maximum absolute atomic E-state index is 13.9. The number of carbonyl (C=O) groups excluding carboxylic acids is 1.